The zero-order valence-corrected chi connectivity index (χ0v) is 22.5. The third-order valence-electron chi connectivity index (χ3n) is 4.68. The Morgan fingerprint density at radius 2 is 1.23 bits per heavy atom. The van der Waals surface area contributed by atoms with Crippen LogP contribution in [0, 0.1) is 0 Å². The maximum atomic E-state index is 12.7. The molecule has 31 heavy (non-hydrogen) atoms. The largest absolute Gasteiger partial charge is 2.00 e. The summed E-state index contributed by atoms with van der Waals surface area (Å²) in [5.41, 5.74) is -1.81. The number of ether oxygens (including phenoxy) is 2. The molecule has 0 atom stereocenters. The Balaban J connectivity index is -0.00000300. The quantitative estimate of drug-likeness (QED) is 0.267. The first-order chi connectivity index (χ1) is 13.7. The summed E-state index contributed by atoms with van der Waals surface area (Å²) in [7, 11) is -4.65. The van der Waals surface area contributed by atoms with Crippen molar-refractivity contribution in [2.45, 2.75) is 96.2 Å². The fourth-order valence-corrected chi connectivity index (χ4v) is 3.46. The van der Waals surface area contributed by atoms with Crippen LogP contribution in [0.2, 0.25) is 0 Å². The van der Waals surface area contributed by atoms with Crippen molar-refractivity contribution in [2.75, 3.05) is 0 Å². The van der Waals surface area contributed by atoms with E-state index in [4.69, 9.17) is 9.47 Å². The monoisotopic (exact) mass is 484 g/mol. The van der Waals surface area contributed by atoms with Crippen molar-refractivity contribution in [3.63, 3.8) is 0 Å². The van der Waals surface area contributed by atoms with E-state index in [0.717, 1.165) is 37.8 Å². The number of carbonyl (C=O) groups excluding carboxylic acids is 2. The van der Waals surface area contributed by atoms with Crippen molar-refractivity contribution < 1.29 is 34.9 Å². The molecule has 9 heteroatoms. The average molecular weight is 485 g/mol. The Kier molecular flexibility index (Phi) is 12.3. The molecule has 0 fully saturated rings. The Labute approximate surface area is 219 Å². The third-order valence-corrected chi connectivity index (χ3v) is 5.51. The minimum Gasteiger partial charge on any atom is -1.00 e. The van der Waals surface area contributed by atoms with Gasteiger partial charge in [0.1, 0.15) is 11.2 Å². The van der Waals surface area contributed by atoms with Gasteiger partial charge >= 0.3 is 49.7 Å². The average Bonchev–Trinajstić information content (AvgIpc) is 2.63. The first kappa shape index (κ1) is 30.3. The van der Waals surface area contributed by atoms with Crippen LogP contribution in [0.3, 0.4) is 0 Å². The Hall–Kier alpha value is -0.670. The van der Waals surface area contributed by atoms with E-state index in [-0.39, 0.29) is 51.7 Å². The topological polar surface area (TPSA) is 107 Å². The van der Waals surface area contributed by atoms with Gasteiger partial charge in [-0.3, -0.25) is 4.55 Å². The van der Waals surface area contributed by atoms with Crippen LogP contribution in [0.5, 0.6) is 0 Å². The number of esters is 2. The number of hydrogen-bond acceptors (Lipinski definition) is 6. The molecule has 1 N–H and O–H groups in total. The molecular weight excluding hydrogens is 448 g/mol. The fraction of sp³-hybridized carbons (Fsp3) is 0.636. The molecule has 0 amide bonds. The van der Waals surface area contributed by atoms with Gasteiger partial charge in [0, 0.05) is 0 Å². The molecule has 7 nitrogen and oxygen atoms in total. The van der Waals surface area contributed by atoms with Gasteiger partial charge < -0.3 is 12.3 Å². The predicted molar refractivity (Wildman–Crippen MR) is 122 cm³/mol. The standard InChI is InChI=1S/C22H34O7S.Ca.2H/c1-7-9-11-21(3,4)28-19(23)16-13-17(15-18(14-16)30(25,26)27)20(24)29-22(5,6)12-10-8-2;;;/h13-15H,7-12H2,1-6H3,(H,25,26,27);;;/q;+2;2*-1. The Morgan fingerprint density at radius 1 is 0.871 bits per heavy atom. The van der Waals surface area contributed by atoms with Crippen molar-refractivity contribution >= 4 is 59.8 Å². The molecular formula is C22H36CaO7S. The molecule has 0 aliphatic heterocycles. The molecule has 174 valence electrons. The van der Waals surface area contributed by atoms with E-state index in [9.17, 15) is 22.6 Å². The molecule has 0 heterocycles. The van der Waals surface area contributed by atoms with Crippen LogP contribution in [0.15, 0.2) is 23.1 Å². The van der Waals surface area contributed by atoms with Gasteiger partial charge in [0.05, 0.1) is 16.0 Å². The first-order valence-electron chi connectivity index (χ1n) is 10.3. The molecule has 0 spiro atoms. The molecule has 0 aromatic heterocycles. The molecule has 0 aliphatic carbocycles. The van der Waals surface area contributed by atoms with E-state index in [1.165, 1.54) is 6.07 Å². The Morgan fingerprint density at radius 3 is 1.52 bits per heavy atom. The van der Waals surface area contributed by atoms with Crippen molar-refractivity contribution in [1.29, 1.82) is 0 Å². The molecule has 0 saturated heterocycles. The van der Waals surface area contributed by atoms with Crippen molar-refractivity contribution in [3.05, 3.63) is 29.3 Å². The number of unbranched alkanes of at least 4 members (excludes halogenated alkanes) is 2. The van der Waals surface area contributed by atoms with E-state index in [1.807, 2.05) is 13.8 Å². The summed E-state index contributed by atoms with van der Waals surface area (Å²) < 4.78 is 43.9. The number of hydrogen-bond donors (Lipinski definition) is 1. The SMILES string of the molecule is CCCCC(C)(C)OC(=O)c1cc(C(=O)OC(C)(C)CCCC)cc(S(=O)(=O)O)c1.[Ca+2].[H-].[H-]. The van der Waals surface area contributed by atoms with Gasteiger partial charge in [0.2, 0.25) is 0 Å². The van der Waals surface area contributed by atoms with Gasteiger partial charge in [0.25, 0.3) is 10.1 Å². The molecule has 0 unspecified atom stereocenters. The van der Waals surface area contributed by atoms with Gasteiger partial charge in [-0.2, -0.15) is 8.42 Å². The Bertz CT molecular complexity index is 819. The number of rotatable bonds is 11. The third kappa shape index (κ3) is 10.7. The summed E-state index contributed by atoms with van der Waals surface area (Å²) in [6.07, 6.45) is 4.85. The van der Waals surface area contributed by atoms with Crippen LogP contribution < -0.4 is 0 Å². The second-order valence-corrected chi connectivity index (χ2v) is 10.1. The maximum absolute atomic E-state index is 12.7. The smallest absolute Gasteiger partial charge is 1.00 e. The van der Waals surface area contributed by atoms with Crippen LogP contribution in [0.1, 0.15) is 104 Å². The van der Waals surface area contributed by atoms with Gasteiger partial charge in [-0.05, 0) is 71.6 Å². The summed E-state index contributed by atoms with van der Waals surface area (Å²) in [4.78, 5) is 24.7. The summed E-state index contributed by atoms with van der Waals surface area (Å²) in [6, 6.07) is 3.21. The minimum absolute atomic E-state index is 0. The van der Waals surface area contributed by atoms with Crippen molar-refractivity contribution in [1.82, 2.24) is 0 Å². The molecule has 1 aromatic rings. The van der Waals surface area contributed by atoms with E-state index >= 15 is 0 Å². The second kappa shape index (κ2) is 12.5. The summed E-state index contributed by atoms with van der Waals surface area (Å²) >= 11 is 0. The summed E-state index contributed by atoms with van der Waals surface area (Å²) in [5.74, 6) is -1.55. The second-order valence-electron chi connectivity index (χ2n) is 8.73. The first-order valence-corrected chi connectivity index (χ1v) is 11.7. The van der Waals surface area contributed by atoms with Crippen LogP contribution in [0.25, 0.3) is 0 Å². The fourth-order valence-electron chi connectivity index (χ4n) is 2.91. The minimum atomic E-state index is -4.65. The van der Waals surface area contributed by atoms with Gasteiger partial charge in [-0.15, -0.1) is 0 Å². The zero-order chi connectivity index (χ0) is 23.2. The molecule has 0 aliphatic rings. The normalized spacial score (nSPS) is 12.1. The van der Waals surface area contributed by atoms with Crippen molar-refractivity contribution in [2.24, 2.45) is 0 Å². The number of benzene rings is 1. The zero-order valence-electron chi connectivity index (χ0n) is 21.5. The van der Waals surface area contributed by atoms with E-state index < -0.39 is 38.2 Å². The van der Waals surface area contributed by atoms with Gasteiger partial charge in [-0.25, -0.2) is 9.59 Å². The van der Waals surface area contributed by atoms with E-state index in [2.05, 4.69) is 0 Å². The van der Waals surface area contributed by atoms with Crippen molar-refractivity contribution in [3.8, 4) is 0 Å². The van der Waals surface area contributed by atoms with Crippen LogP contribution in [0.4, 0.5) is 0 Å². The van der Waals surface area contributed by atoms with Crippen LogP contribution in [-0.4, -0.2) is 73.8 Å². The van der Waals surface area contributed by atoms with Crippen LogP contribution in [-0.2, 0) is 19.6 Å². The maximum Gasteiger partial charge on any atom is 2.00 e. The molecule has 0 saturated carbocycles. The van der Waals surface area contributed by atoms with Gasteiger partial charge in [-0.1, -0.05) is 26.7 Å². The predicted octanol–water partition coefficient (Wildman–Crippen LogP) is 5.03. The number of carbonyl (C=O) groups is 2. The molecule has 1 aromatic carbocycles. The van der Waals surface area contributed by atoms with E-state index in [0.29, 0.717) is 12.8 Å². The van der Waals surface area contributed by atoms with Gasteiger partial charge in [0.15, 0.2) is 0 Å². The summed E-state index contributed by atoms with van der Waals surface area (Å²) in [6.45, 7) is 11.1. The van der Waals surface area contributed by atoms with E-state index in [1.54, 1.807) is 27.7 Å². The molecule has 0 bridgehead atoms. The summed E-state index contributed by atoms with van der Waals surface area (Å²) in [5, 5.41) is 0. The van der Waals surface area contributed by atoms with Crippen LogP contribution >= 0.6 is 0 Å². The molecule has 1 rings (SSSR count). The molecule has 0 radical (unpaired) electrons.